The number of hydrogen-bond donors (Lipinski definition) is 0. The molecule has 1 aromatic carbocycles. The Morgan fingerprint density at radius 1 is 1.28 bits per heavy atom. The average Bonchev–Trinajstić information content (AvgIpc) is 2.56. The molecule has 1 aromatic heterocycles. The predicted molar refractivity (Wildman–Crippen MR) is 56.6 cm³/mol. The maximum Gasteiger partial charge on any atom is 0.416 e. The zero-order chi connectivity index (χ0) is 13.5. The quantitative estimate of drug-likeness (QED) is 0.720. The fourth-order valence-corrected chi connectivity index (χ4v) is 1.69. The van der Waals surface area contributed by atoms with E-state index in [9.17, 15) is 17.6 Å². The second kappa shape index (κ2) is 4.28. The minimum atomic E-state index is -4.59. The van der Waals surface area contributed by atoms with E-state index in [0.717, 1.165) is 12.1 Å². The summed E-state index contributed by atoms with van der Waals surface area (Å²) in [7, 11) is 0. The third kappa shape index (κ3) is 2.33. The molecular weight excluding hydrogens is 274 g/mol. The zero-order valence-corrected chi connectivity index (χ0v) is 9.73. The molecule has 0 fully saturated rings. The Hall–Kier alpha value is -1.56. The average molecular weight is 280 g/mol. The summed E-state index contributed by atoms with van der Waals surface area (Å²) >= 11 is 5.49. The van der Waals surface area contributed by atoms with Gasteiger partial charge in [0.2, 0.25) is 0 Å². The Labute approximate surface area is 104 Å². The molecule has 0 saturated heterocycles. The van der Waals surface area contributed by atoms with Gasteiger partial charge in [0.25, 0.3) is 5.35 Å². The number of hydrogen-bond acceptors (Lipinski definition) is 2. The van der Waals surface area contributed by atoms with Crippen molar-refractivity contribution in [2.24, 2.45) is 0 Å². The highest BCUT2D eigenvalue weighted by Crippen LogP contribution is 2.34. The van der Waals surface area contributed by atoms with Gasteiger partial charge < -0.3 is 4.42 Å². The lowest BCUT2D eigenvalue weighted by Crippen LogP contribution is -2.05. The van der Waals surface area contributed by atoms with Crippen LogP contribution in [0.2, 0.25) is 5.35 Å². The minimum Gasteiger partial charge on any atom is -0.427 e. The normalized spacial score (nSPS) is 11.9. The predicted octanol–water partition coefficient (Wildman–Crippen LogP) is 4.46. The van der Waals surface area contributed by atoms with E-state index in [1.807, 2.05) is 0 Å². The van der Waals surface area contributed by atoms with Gasteiger partial charge in [-0.1, -0.05) is 0 Å². The van der Waals surface area contributed by atoms with Crippen molar-refractivity contribution in [1.82, 2.24) is 4.98 Å². The fourth-order valence-electron chi connectivity index (χ4n) is 1.49. The van der Waals surface area contributed by atoms with E-state index >= 15 is 0 Å². The van der Waals surface area contributed by atoms with Crippen LogP contribution in [0.4, 0.5) is 17.6 Å². The molecule has 2 rings (SSSR count). The van der Waals surface area contributed by atoms with Crippen molar-refractivity contribution in [3.05, 3.63) is 40.6 Å². The first kappa shape index (κ1) is 12.9. The number of rotatable bonds is 1. The van der Waals surface area contributed by atoms with Crippen molar-refractivity contribution >= 4 is 11.6 Å². The molecule has 0 bridgehead atoms. The number of benzene rings is 1. The molecule has 1 heterocycles. The first-order valence-electron chi connectivity index (χ1n) is 4.79. The molecule has 0 amide bonds. The Kier molecular flexibility index (Phi) is 3.06. The van der Waals surface area contributed by atoms with Crippen LogP contribution in [0.5, 0.6) is 0 Å². The lowest BCUT2D eigenvalue weighted by molar-refractivity contribution is -0.137. The molecule has 0 saturated carbocycles. The number of aryl methyl sites for hydroxylation is 1. The van der Waals surface area contributed by atoms with Crippen LogP contribution in [0.3, 0.4) is 0 Å². The molecule has 96 valence electrons. The molecular formula is C11H6ClF4NO. The number of halogens is 5. The van der Waals surface area contributed by atoms with Crippen LogP contribution in [-0.2, 0) is 6.18 Å². The van der Waals surface area contributed by atoms with Crippen LogP contribution in [0, 0.1) is 12.7 Å². The van der Waals surface area contributed by atoms with Crippen molar-refractivity contribution in [1.29, 1.82) is 0 Å². The van der Waals surface area contributed by atoms with Crippen LogP contribution in [0.1, 0.15) is 11.3 Å². The second-order valence-corrected chi connectivity index (χ2v) is 3.90. The van der Waals surface area contributed by atoms with Gasteiger partial charge in [-0.05, 0) is 36.7 Å². The lowest BCUT2D eigenvalue weighted by atomic mass is 10.1. The van der Waals surface area contributed by atoms with Gasteiger partial charge >= 0.3 is 6.18 Å². The molecule has 0 aliphatic heterocycles. The van der Waals surface area contributed by atoms with Crippen molar-refractivity contribution < 1.29 is 22.0 Å². The molecule has 0 N–H and O–H groups in total. The Bertz CT molecular complexity index is 591. The van der Waals surface area contributed by atoms with Gasteiger partial charge in [-0.2, -0.15) is 13.2 Å². The van der Waals surface area contributed by atoms with E-state index in [4.69, 9.17) is 16.0 Å². The highest BCUT2D eigenvalue weighted by molar-refractivity contribution is 6.27. The topological polar surface area (TPSA) is 26.0 Å². The van der Waals surface area contributed by atoms with Crippen molar-refractivity contribution in [2.45, 2.75) is 13.1 Å². The monoisotopic (exact) mass is 279 g/mol. The summed E-state index contributed by atoms with van der Waals surface area (Å²) in [5, 5.41) is -0.193. The Morgan fingerprint density at radius 3 is 2.39 bits per heavy atom. The molecule has 7 heteroatoms. The molecule has 0 radical (unpaired) electrons. The number of aromatic nitrogens is 1. The van der Waals surface area contributed by atoms with Crippen LogP contribution in [-0.4, -0.2) is 4.98 Å². The summed E-state index contributed by atoms with van der Waals surface area (Å²) in [4.78, 5) is 3.71. The summed E-state index contributed by atoms with van der Waals surface area (Å²) in [5.41, 5.74) is -0.870. The van der Waals surface area contributed by atoms with E-state index in [0.29, 0.717) is 11.8 Å². The molecule has 0 aliphatic rings. The van der Waals surface area contributed by atoms with Crippen molar-refractivity contribution in [3.8, 4) is 11.3 Å². The first-order valence-corrected chi connectivity index (χ1v) is 5.17. The van der Waals surface area contributed by atoms with E-state index in [-0.39, 0.29) is 16.7 Å². The maximum atomic E-state index is 13.6. The van der Waals surface area contributed by atoms with Crippen LogP contribution >= 0.6 is 11.6 Å². The molecule has 0 spiro atoms. The van der Waals surface area contributed by atoms with Gasteiger partial charge in [-0.3, -0.25) is 0 Å². The molecule has 0 atom stereocenters. The standard InChI is InChI=1S/C11H6ClF4NO/c1-5-9(18-10(12)17-5)7-3-2-6(4-8(7)13)11(14,15)16/h2-4H,1H3. The third-order valence-electron chi connectivity index (χ3n) is 2.31. The smallest absolute Gasteiger partial charge is 0.416 e. The van der Waals surface area contributed by atoms with E-state index in [1.165, 1.54) is 6.92 Å². The Morgan fingerprint density at radius 2 is 1.94 bits per heavy atom. The zero-order valence-electron chi connectivity index (χ0n) is 8.98. The molecule has 2 aromatic rings. The molecule has 2 nitrogen and oxygen atoms in total. The van der Waals surface area contributed by atoms with Crippen LogP contribution in [0.15, 0.2) is 22.6 Å². The highest BCUT2D eigenvalue weighted by atomic mass is 35.5. The van der Waals surface area contributed by atoms with Gasteiger partial charge in [0.1, 0.15) is 5.82 Å². The summed E-state index contributed by atoms with van der Waals surface area (Å²) in [6, 6.07) is 2.17. The van der Waals surface area contributed by atoms with Crippen LogP contribution < -0.4 is 0 Å². The molecule has 0 aliphatic carbocycles. The number of nitrogens with zero attached hydrogens (tertiary/aromatic N) is 1. The lowest BCUT2D eigenvalue weighted by Gasteiger charge is -2.08. The summed E-state index contributed by atoms with van der Waals surface area (Å²) < 4.78 is 55.6. The maximum absolute atomic E-state index is 13.6. The summed E-state index contributed by atoms with van der Waals surface area (Å²) in [6.07, 6.45) is -4.59. The summed E-state index contributed by atoms with van der Waals surface area (Å²) in [6.45, 7) is 1.52. The van der Waals surface area contributed by atoms with Crippen molar-refractivity contribution in [3.63, 3.8) is 0 Å². The summed E-state index contributed by atoms with van der Waals surface area (Å²) in [5.74, 6) is -1.02. The molecule has 0 unspecified atom stereocenters. The SMILES string of the molecule is Cc1nc(Cl)oc1-c1ccc(C(F)(F)F)cc1F. The first-order chi connectivity index (χ1) is 8.29. The van der Waals surface area contributed by atoms with Gasteiger partial charge in [0, 0.05) is 0 Å². The second-order valence-electron chi connectivity index (χ2n) is 3.57. The number of alkyl halides is 3. The van der Waals surface area contributed by atoms with Gasteiger partial charge in [-0.15, -0.1) is 0 Å². The van der Waals surface area contributed by atoms with Crippen molar-refractivity contribution in [2.75, 3.05) is 0 Å². The molecule has 18 heavy (non-hydrogen) atoms. The van der Waals surface area contributed by atoms with E-state index in [1.54, 1.807) is 0 Å². The largest absolute Gasteiger partial charge is 0.427 e. The fraction of sp³-hybridized carbons (Fsp3) is 0.182. The highest BCUT2D eigenvalue weighted by Gasteiger charge is 2.31. The van der Waals surface area contributed by atoms with Gasteiger partial charge in [0.15, 0.2) is 5.76 Å². The van der Waals surface area contributed by atoms with E-state index in [2.05, 4.69) is 4.98 Å². The van der Waals surface area contributed by atoms with Crippen LogP contribution in [0.25, 0.3) is 11.3 Å². The minimum absolute atomic E-state index is 0.0197. The Balaban J connectivity index is 2.51. The third-order valence-corrected chi connectivity index (χ3v) is 2.47. The number of oxazole rings is 1. The van der Waals surface area contributed by atoms with Gasteiger partial charge in [0.05, 0.1) is 16.8 Å². The van der Waals surface area contributed by atoms with E-state index < -0.39 is 17.6 Å². The van der Waals surface area contributed by atoms with Gasteiger partial charge in [-0.25, -0.2) is 9.37 Å².